The van der Waals surface area contributed by atoms with E-state index in [0.29, 0.717) is 6.61 Å². The van der Waals surface area contributed by atoms with Crippen molar-refractivity contribution in [3.63, 3.8) is 0 Å². The molecule has 5 rings (SSSR count). The molecule has 0 amide bonds. The summed E-state index contributed by atoms with van der Waals surface area (Å²) in [7, 11) is 0. The van der Waals surface area contributed by atoms with Crippen molar-refractivity contribution in [3.05, 3.63) is 53.6 Å². The monoisotopic (exact) mass is 367 g/mol. The van der Waals surface area contributed by atoms with Gasteiger partial charge >= 0.3 is 0 Å². The van der Waals surface area contributed by atoms with Crippen LogP contribution in [0.15, 0.2) is 36.7 Å². The van der Waals surface area contributed by atoms with Crippen LogP contribution in [0.4, 0.5) is 10.2 Å². The Kier molecular flexibility index (Phi) is 4.16. The maximum absolute atomic E-state index is 14.0. The van der Waals surface area contributed by atoms with E-state index in [1.165, 1.54) is 6.07 Å². The van der Waals surface area contributed by atoms with Gasteiger partial charge in [-0.1, -0.05) is 0 Å². The van der Waals surface area contributed by atoms with Crippen LogP contribution in [0, 0.1) is 5.82 Å². The molecule has 0 unspecified atom stereocenters. The second-order valence-corrected chi connectivity index (χ2v) is 7.14. The van der Waals surface area contributed by atoms with Gasteiger partial charge in [-0.25, -0.2) is 13.9 Å². The van der Waals surface area contributed by atoms with E-state index in [4.69, 9.17) is 9.72 Å². The molecule has 1 atom stereocenters. The van der Waals surface area contributed by atoms with Gasteiger partial charge in [0.05, 0.1) is 18.8 Å². The fraction of sp³-hybridized carbons (Fsp3) is 0.400. The summed E-state index contributed by atoms with van der Waals surface area (Å²) in [5.41, 5.74) is 2.86. The van der Waals surface area contributed by atoms with E-state index in [1.54, 1.807) is 12.1 Å². The van der Waals surface area contributed by atoms with Gasteiger partial charge in [0.15, 0.2) is 5.65 Å². The van der Waals surface area contributed by atoms with Crippen LogP contribution in [-0.4, -0.2) is 34.3 Å². The van der Waals surface area contributed by atoms with Crippen molar-refractivity contribution in [2.24, 2.45) is 0 Å². The van der Waals surface area contributed by atoms with Crippen LogP contribution in [0.2, 0.25) is 0 Å². The minimum absolute atomic E-state index is 0.0677. The molecule has 4 heterocycles. The number of halogens is 1. The zero-order valence-corrected chi connectivity index (χ0v) is 15.1. The summed E-state index contributed by atoms with van der Waals surface area (Å²) in [6.07, 6.45) is 6.70. The molecule has 2 aromatic heterocycles. The molecular weight excluding hydrogens is 345 g/mol. The molecule has 1 N–H and O–H groups in total. The number of aromatic nitrogens is 3. The van der Waals surface area contributed by atoms with Crippen LogP contribution in [0.25, 0.3) is 5.65 Å². The summed E-state index contributed by atoms with van der Waals surface area (Å²) in [5.74, 6) is 1.45. The zero-order chi connectivity index (χ0) is 18.2. The minimum Gasteiger partial charge on any atom is -0.493 e. The van der Waals surface area contributed by atoms with Crippen molar-refractivity contribution < 1.29 is 9.13 Å². The third-order valence-electron chi connectivity index (χ3n) is 5.38. The maximum atomic E-state index is 14.0. The number of hydrogen-bond donors (Lipinski definition) is 1. The van der Waals surface area contributed by atoms with Gasteiger partial charge in [0, 0.05) is 30.4 Å². The number of nitrogens with zero attached hydrogens (tertiary/aromatic N) is 4. The second-order valence-electron chi connectivity index (χ2n) is 7.14. The first-order valence-corrected chi connectivity index (χ1v) is 9.52. The van der Waals surface area contributed by atoms with Crippen LogP contribution in [-0.2, 0) is 6.54 Å². The first-order chi connectivity index (χ1) is 13.3. The molecular formula is C20H22FN5O. The highest BCUT2D eigenvalue weighted by molar-refractivity contribution is 5.55. The Morgan fingerprint density at radius 3 is 3.15 bits per heavy atom. The Morgan fingerprint density at radius 2 is 2.19 bits per heavy atom. The predicted molar refractivity (Wildman–Crippen MR) is 101 cm³/mol. The Labute approximate surface area is 157 Å². The molecule has 2 bridgehead atoms. The van der Waals surface area contributed by atoms with Crippen molar-refractivity contribution in [2.75, 3.05) is 24.6 Å². The standard InChI is InChI=1S/C20H22FN5O/c21-15-4-5-18-16(11-15)17-3-1-8-25(17)19-6-9-26-20(24-19)14(13-23-26)12-22-7-2-10-27-18/h4-6,9,11,13,17,22H,1-3,7-8,10,12H2/t17-/m1/s1. The molecule has 0 saturated carbocycles. The van der Waals surface area contributed by atoms with Crippen LogP contribution < -0.4 is 15.0 Å². The van der Waals surface area contributed by atoms with Crippen molar-refractivity contribution in [1.82, 2.24) is 19.9 Å². The van der Waals surface area contributed by atoms with Crippen molar-refractivity contribution in [2.45, 2.75) is 31.8 Å². The summed E-state index contributed by atoms with van der Waals surface area (Å²) in [6, 6.07) is 6.90. The topological polar surface area (TPSA) is 54.7 Å². The Balaban J connectivity index is 1.62. The highest BCUT2D eigenvalue weighted by atomic mass is 19.1. The van der Waals surface area contributed by atoms with E-state index < -0.39 is 0 Å². The van der Waals surface area contributed by atoms with Crippen molar-refractivity contribution in [3.8, 4) is 5.75 Å². The number of rotatable bonds is 0. The van der Waals surface area contributed by atoms with Crippen LogP contribution in [0.5, 0.6) is 5.75 Å². The second kappa shape index (κ2) is 6.81. The fourth-order valence-corrected chi connectivity index (χ4v) is 4.07. The van der Waals surface area contributed by atoms with E-state index >= 15 is 0 Å². The van der Waals surface area contributed by atoms with Gasteiger partial charge in [-0.3, -0.25) is 0 Å². The van der Waals surface area contributed by atoms with Gasteiger partial charge in [-0.2, -0.15) is 5.10 Å². The Bertz CT molecular complexity index is 972. The number of ether oxygens (including phenoxy) is 1. The average molecular weight is 367 g/mol. The molecule has 1 fully saturated rings. The largest absolute Gasteiger partial charge is 0.493 e. The molecule has 2 aliphatic heterocycles. The van der Waals surface area contributed by atoms with Crippen molar-refractivity contribution >= 4 is 11.5 Å². The van der Waals surface area contributed by atoms with E-state index in [2.05, 4.69) is 15.3 Å². The molecule has 1 saturated heterocycles. The third-order valence-corrected chi connectivity index (χ3v) is 5.38. The number of fused-ring (bicyclic) bond motifs is 5. The number of hydrogen-bond acceptors (Lipinski definition) is 5. The summed E-state index contributed by atoms with van der Waals surface area (Å²) in [4.78, 5) is 7.16. The zero-order valence-electron chi connectivity index (χ0n) is 15.1. The highest BCUT2D eigenvalue weighted by Gasteiger charge is 2.30. The van der Waals surface area contributed by atoms with Gasteiger partial charge in [0.1, 0.15) is 17.4 Å². The first kappa shape index (κ1) is 16.5. The smallest absolute Gasteiger partial charge is 0.161 e. The molecule has 2 aliphatic rings. The van der Waals surface area contributed by atoms with E-state index in [1.807, 2.05) is 23.0 Å². The summed E-state index contributed by atoms with van der Waals surface area (Å²) in [5, 5.41) is 7.83. The summed E-state index contributed by atoms with van der Waals surface area (Å²) < 4.78 is 21.9. The molecule has 3 aromatic rings. The SMILES string of the molecule is Fc1ccc2c(c1)[C@H]1CCCN1c1ccn3ncc(c3n1)CNCCCO2. The van der Waals surface area contributed by atoms with Crippen molar-refractivity contribution in [1.29, 1.82) is 0 Å². The number of nitrogens with one attached hydrogen (secondary N) is 1. The summed E-state index contributed by atoms with van der Waals surface area (Å²) >= 11 is 0. The van der Waals surface area contributed by atoms with Gasteiger partial charge in [0.25, 0.3) is 0 Å². The van der Waals surface area contributed by atoms with E-state index in [0.717, 1.165) is 67.2 Å². The fourth-order valence-electron chi connectivity index (χ4n) is 4.07. The molecule has 0 aliphatic carbocycles. The Morgan fingerprint density at radius 1 is 1.22 bits per heavy atom. The van der Waals surface area contributed by atoms with Crippen LogP contribution in [0.1, 0.15) is 36.4 Å². The van der Waals surface area contributed by atoms with Crippen LogP contribution >= 0.6 is 0 Å². The molecule has 0 spiro atoms. The molecule has 27 heavy (non-hydrogen) atoms. The predicted octanol–water partition coefficient (Wildman–Crippen LogP) is 3.08. The lowest BCUT2D eigenvalue weighted by molar-refractivity contribution is 0.302. The van der Waals surface area contributed by atoms with Gasteiger partial charge < -0.3 is 15.0 Å². The summed E-state index contributed by atoms with van der Waals surface area (Å²) in [6.45, 7) is 3.06. The average Bonchev–Trinajstić information content (AvgIpc) is 3.31. The molecule has 6 nitrogen and oxygen atoms in total. The van der Waals surface area contributed by atoms with Crippen LogP contribution in [0.3, 0.4) is 0 Å². The first-order valence-electron chi connectivity index (χ1n) is 9.52. The molecule has 1 aromatic carbocycles. The van der Waals surface area contributed by atoms with Gasteiger partial charge in [0.2, 0.25) is 0 Å². The number of anilines is 1. The quantitative estimate of drug-likeness (QED) is 0.662. The molecule has 140 valence electrons. The normalized spacial score (nSPS) is 20.2. The lowest BCUT2D eigenvalue weighted by Gasteiger charge is -2.28. The molecule has 0 radical (unpaired) electrons. The lowest BCUT2D eigenvalue weighted by atomic mass is 10.0. The third kappa shape index (κ3) is 3.02. The van der Waals surface area contributed by atoms with E-state index in [-0.39, 0.29) is 11.9 Å². The van der Waals surface area contributed by atoms with E-state index in [9.17, 15) is 4.39 Å². The molecule has 7 heteroatoms. The minimum atomic E-state index is -0.228. The maximum Gasteiger partial charge on any atom is 0.161 e. The highest BCUT2D eigenvalue weighted by Crippen LogP contribution is 2.40. The Hall–Kier alpha value is -2.67. The lowest BCUT2D eigenvalue weighted by Crippen LogP contribution is -2.25. The van der Waals surface area contributed by atoms with Gasteiger partial charge in [-0.15, -0.1) is 0 Å². The number of benzene rings is 1. The van der Waals surface area contributed by atoms with Gasteiger partial charge in [-0.05, 0) is 50.1 Å².